The molecule has 0 bridgehead atoms. The summed E-state index contributed by atoms with van der Waals surface area (Å²) in [6.45, 7) is 0. The normalized spacial score (nSPS) is 12.0. The van der Waals surface area contributed by atoms with E-state index in [1.165, 1.54) is 7.11 Å². The number of hydrogen-bond donors (Lipinski definition) is 2. The zero-order chi connectivity index (χ0) is 15.4. The number of benzene rings is 2. The summed E-state index contributed by atoms with van der Waals surface area (Å²) in [5.41, 5.74) is 7.74. The standard InChI is InChI=1S/C15H14Br2N2O2/c1-21-14(9-5-3-2-4-6-9)15(20)19-13-11(16)7-10(18)8-12(13)17/h2-8,14H,18H2,1H3,(H,19,20). The molecule has 0 radical (unpaired) electrons. The Labute approximate surface area is 139 Å². The van der Waals surface area contributed by atoms with E-state index < -0.39 is 6.10 Å². The predicted octanol–water partition coefficient (Wildman–Crippen LogP) is 4.12. The summed E-state index contributed by atoms with van der Waals surface area (Å²) in [5.74, 6) is -0.255. The van der Waals surface area contributed by atoms with Crippen LogP contribution < -0.4 is 11.1 Å². The molecule has 0 saturated heterocycles. The van der Waals surface area contributed by atoms with E-state index in [9.17, 15) is 4.79 Å². The van der Waals surface area contributed by atoms with Gasteiger partial charge in [0.2, 0.25) is 0 Å². The fourth-order valence-corrected chi connectivity index (χ4v) is 3.34. The summed E-state index contributed by atoms with van der Waals surface area (Å²) in [6, 6.07) is 12.8. The zero-order valence-electron chi connectivity index (χ0n) is 11.3. The highest BCUT2D eigenvalue weighted by Gasteiger charge is 2.21. The van der Waals surface area contributed by atoms with E-state index in [1.54, 1.807) is 12.1 Å². The molecule has 0 aromatic heterocycles. The van der Waals surface area contributed by atoms with Gasteiger partial charge >= 0.3 is 0 Å². The van der Waals surface area contributed by atoms with Gasteiger partial charge in [0.15, 0.2) is 6.10 Å². The Morgan fingerprint density at radius 3 is 2.29 bits per heavy atom. The number of anilines is 2. The van der Waals surface area contributed by atoms with Crippen molar-refractivity contribution in [1.82, 2.24) is 0 Å². The summed E-state index contributed by atoms with van der Waals surface area (Å²) in [6.07, 6.45) is -0.678. The third kappa shape index (κ3) is 3.84. The van der Waals surface area contributed by atoms with Crippen LogP contribution in [-0.4, -0.2) is 13.0 Å². The number of halogens is 2. The third-order valence-electron chi connectivity index (χ3n) is 2.89. The van der Waals surface area contributed by atoms with Crippen LogP contribution in [0.25, 0.3) is 0 Å². The first-order valence-corrected chi connectivity index (χ1v) is 7.74. The topological polar surface area (TPSA) is 64.3 Å². The van der Waals surface area contributed by atoms with Gasteiger partial charge < -0.3 is 15.8 Å². The number of carbonyl (C=O) groups excluding carboxylic acids is 1. The predicted molar refractivity (Wildman–Crippen MR) is 91.1 cm³/mol. The van der Waals surface area contributed by atoms with Crippen molar-refractivity contribution in [3.05, 3.63) is 57.0 Å². The second kappa shape index (κ2) is 7.06. The van der Waals surface area contributed by atoms with Crippen molar-refractivity contribution in [3.8, 4) is 0 Å². The van der Waals surface area contributed by atoms with Crippen molar-refractivity contribution < 1.29 is 9.53 Å². The zero-order valence-corrected chi connectivity index (χ0v) is 14.4. The monoisotopic (exact) mass is 412 g/mol. The molecule has 1 unspecified atom stereocenters. The number of hydrogen-bond acceptors (Lipinski definition) is 3. The van der Waals surface area contributed by atoms with Gasteiger partial charge in [-0.1, -0.05) is 30.3 Å². The average molecular weight is 414 g/mol. The summed E-state index contributed by atoms with van der Waals surface area (Å²) in [7, 11) is 1.50. The lowest BCUT2D eigenvalue weighted by Gasteiger charge is -2.17. The molecule has 0 fully saturated rings. The quantitative estimate of drug-likeness (QED) is 0.741. The van der Waals surface area contributed by atoms with Crippen LogP contribution in [-0.2, 0) is 9.53 Å². The molecular weight excluding hydrogens is 400 g/mol. The number of nitrogen functional groups attached to an aromatic ring is 1. The van der Waals surface area contributed by atoms with E-state index in [0.717, 1.165) is 5.56 Å². The van der Waals surface area contributed by atoms with Crippen LogP contribution in [0, 0.1) is 0 Å². The summed E-state index contributed by atoms with van der Waals surface area (Å²) in [5, 5.41) is 2.84. The van der Waals surface area contributed by atoms with Gasteiger partial charge in [0.05, 0.1) is 5.69 Å². The lowest BCUT2D eigenvalue weighted by Crippen LogP contribution is -2.23. The van der Waals surface area contributed by atoms with Crippen LogP contribution in [0.15, 0.2) is 51.4 Å². The molecule has 0 heterocycles. The Bertz CT molecular complexity index is 624. The Morgan fingerprint density at radius 1 is 1.19 bits per heavy atom. The number of nitrogens with one attached hydrogen (secondary N) is 1. The van der Waals surface area contributed by atoms with Crippen LogP contribution in [0.1, 0.15) is 11.7 Å². The fraction of sp³-hybridized carbons (Fsp3) is 0.133. The SMILES string of the molecule is COC(C(=O)Nc1c(Br)cc(N)cc1Br)c1ccccc1. The third-order valence-corrected chi connectivity index (χ3v) is 4.14. The first-order chi connectivity index (χ1) is 10.0. The summed E-state index contributed by atoms with van der Waals surface area (Å²) >= 11 is 6.78. The molecule has 1 atom stereocenters. The molecule has 0 saturated carbocycles. The Morgan fingerprint density at radius 2 is 1.76 bits per heavy atom. The van der Waals surface area contributed by atoms with Crippen molar-refractivity contribution in [2.24, 2.45) is 0 Å². The summed E-state index contributed by atoms with van der Waals surface area (Å²) < 4.78 is 6.71. The van der Waals surface area contributed by atoms with Crippen LogP contribution in [0.2, 0.25) is 0 Å². The smallest absolute Gasteiger partial charge is 0.258 e. The maximum Gasteiger partial charge on any atom is 0.258 e. The van der Waals surface area contributed by atoms with Gasteiger partial charge in [-0.25, -0.2) is 0 Å². The highest BCUT2D eigenvalue weighted by molar-refractivity contribution is 9.11. The van der Waals surface area contributed by atoms with Crippen LogP contribution >= 0.6 is 31.9 Å². The first kappa shape index (κ1) is 16.0. The minimum Gasteiger partial charge on any atom is -0.399 e. The van der Waals surface area contributed by atoms with Gasteiger partial charge in [-0.2, -0.15) is 0 Å². The fourth-order valence-electron chi connectivity index (χ4n) is 1.92. The van der Waals surface area contributed by atoms with Crippen molar-refractivity contribution in [2.75, 3.05) is 18.2 Å². The molecule has 2 aromatic carbocycles. The van der Waals surface area contributed by atoms with Gasteiger partial charge in [-0.3, -0.25) is 4.79 Å². The molecule has 110 valence electrons. The van der Waals surface area contributed by atoms with Crippen LogP contribution in [0.3, 0.4) is 0 Å². The van der Waals surface area contributed by atoms with Crippen molar-refractivity contribution >= 4 is 49.1 Å². The molecule has 6 heteroatoms. The van der Waals surface area contributed by atoms with Gasteiger partial charge in [0, 0.05) is 21.7 Å². The highest BCUT2D eigenvalue weighted by Crippen LogP contribution is 2.34. The average Bonchev–Trinajstić information content (AvgIpc) is 2.45. The molecule has 1 amide bonds. The second-order valence-corrected chi connectivity index (χ2v) is 6.08. The number of rotatable bonds is 4. The van der Waals surface area contributed by atoms with Crippen LogP contribution in [0.4, 0.5) is 11.4 Å². The van der Waals surface area contributed by atoms with E-state index in [2.05, 4.69) is 37.2 Å². The van der Waals surface area contributed by atoms with Crippen molar-refractivity contribution in [3.63, 3.8) is 0 Å². The molecular formula is C15H14Br2N2O2. The van der Waals surface area contributed by atoms with Crippen molar-refractivity contribution in [2.45, 2.75) is 6.10 Å². The maximum atomic E-state index is 12.4. The minimum absolute atomic E-state index is 0.255. The second-order valence-electron chi connectivity index (χ2n) is 4.38. The van der Waals surface area contributed by atoms with E-state index in [-0.39, 0.29) is 5.91 Å². The van der Waals surface area contributed by atoms with Gasteiger partial charge in [-0.05, 0) is 49.6 Å². The molecule has 2 rings (SSSR count). The Hall–Kier alpha value is -1.37. The van der Waals surface area contributed by atoms with E-state index in [4.69, 9.17) is 10.5 Å². The van der Waals surface area contributed by atoms with Gasteiger partial charge in [-0.15, -0.1) is 0 Å². The first-order valence-electron chi connectivity index (χ1n) is 6.16. The highest BCUT2D eigenvalue weighted by atomic mass is 79.9. The maximum absolute atomic E-state index is 12.4. The summed E-state index contributed by atoms with van der Waals surface area (Å²) in [4.78, 5) is 12.4. The number of methoxy groups -OCH3 is 1. The number of nitrogens with two attached hydrogens (primary N) is 1. The largest absolute Gasteiger partial charge is 0.399 e. The van der Waals surface area contributed by atoms with E-state index in [1.807, 2.05) is 30.3 Å². The van der Waals surface area contributed by atoms with Crippen LogP contribution in [0.5, 0.6) is 0 Å². The molecule has 2 aromatic rings. The molecule has 0 aliphatic heterocycles. The molecule has 0 aliphatic carbocycles. The lowest BCUT2D eigenvalue weighted by molar-refractivity contribution is -0.126. The molecule has 0 aliphatic rings. The molecule has 4 nitrogen and oxygen atoms in total. The van der Waals surface area contributed by atoms with Crippen molar-refractivity contribution in [1.29, 1.82) is 0 Å². The number of ether oxygens (including phenoxy) is 1. The molecule has 21 heavy (non-hydrogen) atoms. The van der Waals surface area contributed by atoms with E-state index >= 15 is 0 Å². The molecule has 3 N–H and O–H groups in total. The lowest BCUT2D eigenvalue weighted by atomic mass is 10.1. The number of amides is 1. The molecule has 0 spiro atoms. The van der Waals surface area contributed by atoms with E-state index in [0.29, 0.717) is 20.3 Å². The minimum atomic E-state index is -0.678. The Kier molecular flexibility index (Phi) is 5.39. The van der Waals surface area contributed by atoms with Gasteiger partial charge in [0.1, 0.15) is 0 Å². The number of carbonyl (C=O) groups is 1. The Balaban J connectivity index is 2.25. The van der Waals surface area contributed by atoms with Gasteiger partial charge in [0.25, 0.3) is 5.91 Å².